The van der Waals surface area contributed by atoms with E-state index in [4.69, 9.17) is 15.2 Å². The van der Waals surface area contributed by atoms with Gasteiger partial charge in [0.1, 0.15) is 11.8 Å². The third-order valence-electron chi connectivity index (χ3n) is 4.95. The lowest BCUT2D eigenvalue weighted by atomic mass is 9.90. The summed E-state index contributed by atoms with van der Waals surface area (Å²) in [6.07, 6.45) is 3.18. The Morgan fingerprint density at radius 2 is 1.80 bits per heavy atom. The van der Waals surface area contributed by atoms with Gasteiger partial charge in [-0.2, -0.15) is 0 Å². The maximum absolute atomic E-state index is 12.0. The third-order valence-corrected chi connectivity index (χ3v) is 4.95. The summed E-state index contributed by atoms with van der Waals surface area (Å²) in [5.41, 5.74) is 8.25. The van der Waals surface area contributed by atoms with Crippen LogP contribution in [0.15, 0.2) is 18.2 Å². The molecule has 0 aromatic heterocycles. The molecule has 4 heteroatoms. The molecule has 0 aliphatic heterocycles. The SMILES string of the molecule is CC(C)C[C@H](N)C(=O)OCOc1c(C(C)C)cccc1[C@H](C)C1CC1. The van der Waals surface area contributed by atoms with Gasteiger partial charge in [-0.1, -0.05) is 52.8 Å². The Balaban J connectivity index is 2.05. The van der Waals surface area contributed by atoms with Crippen LogP contribution in [0.2, 0.25) is 0 Å². The molecular formula is C21H33NO3. The highest BCUT2D eigenvalue weighted by atomic mass is 16.7. The highest BCUT2D eigenvalue weighted by Gasteiger charge is 2.31. The third kappa shape index (κ3) is 5.46. The van der Waals surface area contributed by atoms with Crippen molar-refractivity contribution in [2.75, 3.05) is 6.79 Å². The summed E-state index contributed by atoms with van der Waals surface area (Å²) in [6.45, 7) is 10.5. The summed E-state index contributed by atoms with van der Waals surface area (Å²) in [4.78, 5) is 12.0. The van der Waals surface area contributed by atoms with Gasteiger partial charge in [0, 0.05) is 0 Å². The topological polar surface area (TPSA) is 61.6 Å². The average molecular weight is 347 g/mol. The zero-order valence-corrected chi connectivity index (χ0v) is 16.2. The van der Waals surface area contributed by atoms with E-state index in [9.17, 15) is 4.79 Å². The van der Waals surface area contributed by atoms with Crippen molar-refractivity contribution in [2.45, 2.75) is 71.8 Å². The van der Waals surface area contributed by atoms with Crippen LogP contribution >= 0.6 is 0 Å². The average Bonchev–Trinajstić information content (AvgIpc) is 3.38. The van der Waals surface area contributed by atoms with Gasteiger partial charge in [0.05, 0.1) is 0 Å². The molecule has 140 valence electrons. The van der Waals surface area contributed by atoms with Crippen molar-refractivity contribution in [1.29, 1.82) is 0 Å². The fourth-order valence-electron chi connectivity index (χ4n) is 3.26. The fourth-order valence-corrected chi connectivity index (χ4v) is 3.26. The van der Waals surface area contributed by atoms with Crippen molar-refractivity contribution in [3.05, 3.63) is 29.3 Å². The van der Waals surface area contributed by atoms with Crippen LogP contribution in [-0.4, -0.2) is 18.8 Å². The number of nitrogens with two attached hydrogens (primary N) is 1. The molecule has 0 unspecified atom stereocenters. The molecule has 2 rings (SSSR count). The zero-order valence-electron chi connectivity index (χ0n) is 16.2. The normalized spacial score (nSPS) is 16.8. The molecule has 0 radical (unpaired) electrons. The number of para-hydroxylation sites is 1. The molecule has 1 aromatic carbocycles. The second-order valence-electron chi connectivity index (χ2n) is 8.01. The highest BCUT2D eigenvalue weighted by Crippen LogP contribution is 2.46. The largest absolute Gasteiger partial charge is 0.457 e. The highest BCUT2D eigenvalue weighted by molar-refractivity contribution is 5.75. The first-order chi connectivity index (χ1) is 11.8. The summed E-state index contributed by atoms with van der Waals surface area (Å²) in [7, 11) is 0. The van der Waals surface area contributed by atoms with Crippen LogP contribution in [0.25, 0.3) is 0 Å². The lowest BCUT2D eigenvalue weighted by Crippen LogP contribution is -2.34. The summed E-state index contributed by atoms with van der Waals surface area (Å²) < 4.78 is 11.2. The van der Waals surface area contributed by atoms with Crippen molar-refractivity contribution in [3.8, 4) is 5.75 Å². The second-order valence-corrected chi connectivity index (χ2v) is 8.01. The lowest BCUT2D eigenvalue weighted by molar-refractivity contribution is -0.152. The van der Waals surface area contributed by atoms with Crippen molar-refractivity contribution in [1.82, 2.24) is 0 Å². The van der Waals surface area contributed by atoms with Gasteiger partial charge in [0.25, 0.3) is 0 Å². The van der Waals surface area contributed by atoms with Gasteiger partial charge in [-0.3, -0.25) is 4.79 Å². The summed E-state index contributed by atoms with van der Waals surface area (Å²) >= 11 is 0. The number of hydrogen-bond acceptors (Lipinski definition) is 4. The molecule has 0 amide bonds. The molecule has 4 nitrogen and oxygen atoms in total. The van der Waals surface area contributed by atoms with Crippen LogP contribution in [0, 0.1) is 11.8 Å². The summed E-state index contributed by atoms with van der Waals surface area (Å²) in [6, 6.07) is 5.74. The fraction of sp³-hybridized carbons (Fsp3) is 0.667. The molecule has 1 aromatic rings. The monoisotopic (exact) mass is 347 g/mol. The number of carbonyl (C=O) groups is 1. The van der Waals surface area contributed by atoms with E-state index in [1.54, 1.807) is 0 Å². The van der Waals surface area contributed by atoms with Crippen LogP contribution in [-0.2, 0) is 9.53 Å². The summed E-state index contributed by atoms with van der Waals surface area (Å²) in [5.74, 6) is 2.39. The molecular weight excluding hydrogens is 314 g/mol. The zero-order chi connectivity index (χ0) is 18.6. The van der Waals surface area contributed by atoms with Crippen molar-refractivity contribution in [3.63, 3.8) is 0 Å². The molecule has 0 heterocycles. The number of esters is 1. The molecule has 0 bridgehead atoms. The van der Waals surface area contributed by atoms with Gasteiger partial charge in [-0.25, -0.2) is 0 Å². The number of rotatable bonds is 9. The van der Waals surface area contributed by atoms with E-state index in [-0.39, 0.29) is 6.79 Å². The number of benzene rings is 1. The van der Waals surface area contributed by atoms with Crippen LogP contribution in [0.3, 0.4) is 0 Å². The van der Waals surface area contributed by atoms with Crippen LogP contribution in [0.5, 0.6) is 5.75 Å². The van der Waals surface area contributed by atoms with Gasteiger partial charge in [0.15, 0.2) is 0 Å². The molecule has 0 saturated heterocycles. The van der Waals surface area contributed by atoms with E-state index in [1.807, 2.05) is 13.8 Å². The van der Waals surface area contributed by atoms with E-state index in [2.05, 4.69) is 39.0 Å². The maximum Gasteiger partial charge on any atom is 0.325 e. The molecule has 1 fully saturated rings. The molecule has 1 aliphatic rings. The molecule has 2 N–H and O–H groups in total. The van der Waals surface area contributed by atoms with Gasteiger partial charge in [0.2, 0.25) is 6.79 Å². The second kappa shape index (κ2) is 8.70. The maximum atomic E-state index is 12.0. The quantitative estimate of drug-likeness (QED) is 0.525. The smallest absolute Gasteiger partial charge is 0.325 e. The Morgan fingerprint density at radius 1 is 1.16 bits per heavy atom. The van der Waals surface area contributed by atoms with E-state index in [1.165, 1.54) is 18.4 Å². The Kier molecular flexibility index (Phi) is 6.88. The number of hydrogen-bond donors (Lipinski definition) is 1. The van der Waals surface area contributed by atoms with Gasteiger partial charge >= 0.3 is 5.97 Å². The van der Waals surface area contributed by atoms with E-state index >= 15 is 0 Å². The van der Waals surface area contributed by atoms with E-state index in [0.717, 1.165) is 17.2 Å². The molecule has 1 saturated carbocycles. The first-order valence-electron chi connectivity index (χ1n) is 9.49. The molecule has 25 heavy (non-hydrogen) atoms. The predicted molar refractivity (Wildman–Crippen MR) is 101 cm³/mol. The van der Waals surface area contributed by atoms with E-state index < -0.39 is 12.0 Å². The number of ether oxygens (including phenoxy) is 2. The van der Waals surface area contributed by atoms with Crippen LogP contribution in [0.1, 0.15) is 76.8 Å². The Bertz CT molecular complexity index is 579. The predicted octanol–water partition coefficient (Wildman–Crippen LogP) is 4.58. The Hall–Kier alpha value is -1.55. The van der Waals surface area contributed by atoms with Gasteiger partial charge in [-0.05, 0) is 54.1 Å². The first-order valence-corrected chi connectivity index (χ1v) is 9.49. The van der Waals surface area contributed by atoms with Crippen molar-refractivity contribution < 1.29 is 14.3 Å². The number of carbonyl (C=O) groups excluding carboxylic acids is 1. The van der Waals surface area contributed by atoms with Crippen LogP contribution in [0.4, 0.5) is 0 Å². The van der Waals surface area contributed by atoms with Crippen LogP contribution < -0.4 is 10.5 Å². The van der Waals surface area contributed by atoms with Crippen molar-refractivity contribution in [2.24, 2.45) is 17.6 Å². The van der Waals surface area contributed by atoms with Crippen molar-refractivity contribution >= 4 is 5.97 Å². The minimum absolute atomic E-state index is 0.0846. The lowest BCUT2D eigenvalue weighted by Gasteiger charge is -2.22. The van der Waals surface area contributed by atoms with Gasteiger partial charge < -0.3 is 15.2 Å². The van der Waals surface area contributed by atoms with E-state index in [0.29, 0.717) is 24.2 Å². The standard InChI is InChI=1S/C21H33NO3/c1-13(2)11-19(22)21(23)25-12-24-20-17(14(3)4)7-6-8-18(20)15(5)16-9-10-16/h6-8,13-16,19H,9-12,22H2,1-5H3/t15-,19+/m1/s1. The minimum Gasteiger partial charge on any atom is -0.457 e. The first kappa shape index (κ1) is 19.8. The molecule has 0 spiro atoms. The molecule has 1 aliphatic carbocycles. The minimum atomic E-state index is -0.589. The van der Waals surface area contributed by atoms with Gasteiger partial charge in [-0.15, -0.1) is 0 Å². The Labute approximate surface area is 152 Å². The summed E-state index contributed by atoms with van der Waals surface area (Å²) in [5, 5.41) is 0. The Morgan fingerprint density at radius 3 is 2.36 bits per heavy atom. The molecule has 2 atom stereocenters.